The van der Waals surface area contributed by atoms with E-state index in [9.17, 15) is 28.8 Å². The molecule has 60 heavy (non-hydrogen) atoms. The van der Waals surface area contributed by atoms with E-state index >= 15 is 0 Å². The molecule has 1 fully saturated rings. The summed E-state index contributed by atoms with van der Waals surface area (Å²) < 4.78 is 35.1. The van der Waals surface area contributed by atoms with Crippen molar-refractivity contribution in [1.82, 2.24) is 0 Å². The van der Waals surface area contributed by atoms with E-state index in [0.29, 0.717) is 0 Å². The van der Waals surface area contributed by atoms with Crippen molar-refractivity contribution in [1.29, 1.82) is 0 Å². The highest BCUT2D eigenvalue weighted by Gasteiger charge is 2.42. The van der Waals surface area contributed by atoms with Gasteiger partial charge in [-0.3, -0.25) is 0 Å². The highest BCUT2D eigenvalue weighted by molar-refractivity contribution is 5.90. The maximum atomic E-state index is 14.3. The summed E-state index contributed by atoms with van der Waals surface area (Å²) in [5, 5.41) is 0. The average molecular weight is 805 g/mol. The molecule has 12 nitrogen and oxygen atoms in total. The van der Waals surface area contributed by atoms with Crippen molar-refractivity contribution in [3.8, 4) is 0 Å². The lowest BCUT2D eigenvalue weighted by Gasteiger charge is -2.27. The number of ether oxygens (including phenoxy) is 6. The van der Waals surface area contributed by atoms with Gasteiger partial charge in [0.05, 0.1) is 0 Å². The van der Waals surface area contributed by atoms with Crippen LogP contribution in [-0.2, 0) is 57.2 Å². The monoisotopic (exact) mass is 804 g/mol. The van der Waals surface area contributed by atoms with Crippen molar-refractivity contribution < 1.29 is 57.2 Å². The van der Waals surface area contributed by atoms with Gasteiger partial charge in [-0.05, 0) is 0 Å². The first-order valence-electron chi connectivity index (χ1n) is 18.8. The zero-order chi connectivity index (χ0) is 41.8. The second-order valence-corrected chi connectivity index (χ2v) is 13.4. The number of benzene rings is 6. The lowest BCUT2D eigenvalue weighted by Crippen LogP contribution is -2.34. The Balaban J connectivity index is 1.37. The number of hydrogen-bond donors (Lipinski definition) is 0. The number of carbonyl (C=O) groups excluding carboxylic acids is 6. The third kappa shape index (κ3) is 9.63. The van der Waals surface area contributed by atoms with Gasteiger partial charge in [-0.25, -0.2) is 28.8 Å². The van der Waals surface area contributed by atoms with Crippen LogP contribution in [0.1, 0.15) is 70.0 Å². The molecule has 12 heteroatoms. The molecule has 0 N–H and O–H groups in total. The summed E-state index contributed by atoms with van der Waals surface area (Å²) in [6.07, 6.45) is -10.9. The third-order valence-corrected chi connectivity index (χ3v) is 9.30. The van der Waals surface area contributed by atoms with Crippen LogP contribution in [-0.4, -0.2) is 35.8 Å². The SMILES string of the molecule is O=C1O[C@@H](c2ccccc2)C(=O)O[C@@H](c2ccccc2)C(=O)O[C@H](c2ccccc2)C(=O)O[C@@H](c2ccccc2)C(=O)O[C@@H](c2ccccc2)C(=O)O[C@H]1c1ccccc1. The van der Waals surface area contributed by atoms with Gasteiger partial charge >= 0.3 is 35.8 Å². The minimum Gasteiger partial charge on any atom is -0.442 e. The Kier molecular flexibility index (Phi) is 12.8. The van der Waals surface area contributed by atoms with Crippen LogP contribution in [0, 0.1) is 0 Å². The second kappa shape index (κ2) is 19.1. The molecule has 0 spiro atoms. The van der Waals surface area contributed by atoms with E-state index in [2.05, 4.69) is 0 Å². The van der Waals surface area contributed by atoms with Crippen LogP contribution in [0.5, 0.6) is 0 Å². The third-order valence-electron chi connectivity index (χ3n) is 9.30. The largest absolute Gasteiger partial charge is 0.442 e. The Morgan fingerprint density at radius 1 is 0.200 bits per heavy atom. The molecule has 6 aromatic carbocycles. The van der Waals surface area contributed by atoms with Gasteiger partial charge < -0.3 is 28.4 Å². The first-order chi connectivity index (χ1) is 29.3. The molecule has 0 saturated carbocycles. The molecule has 300 valence electrons. The molecule has 1 saturated heterocycles. The summed E-state index contributed by atoms with van der Waals surface area (Å²) in [7, 11) is 0. The minimum atomic E-state index is -1.81. The smallest absolute Gasteiger partial charge is 0.353 e. The fourth-order valence-electron chi connectivity index (χ4n) is 6.35. The lowest BCUT2D eigenvalue weighted by molar-refractivity contribution is -0.196. The normalized spacial score (nSPS) is 22.0. The van der Waals surface area contributed by atoms with E-state index in [4.69, 9.17) is 28.4 Å². The summed E-state index contributed by atoms with van der Waals surface area (Å²) in [5.41, 5.74) is 0.902. The van der Waals surface area contributed by atoms with Crippen molar-refractivity contribution in [2.75, 3.05) is 0 Å². The molecule has 6 aromatic rings. The van der Waals surface area contributed by atoms with Crippen LogP contribution in [0.15, 0.2) is 182 Å². The predicted molar refractivity (Wildman–Crippen MR) is 212 cm³/mol. The van der Waals surface area contributed by atoms with Gasteiger partial charge in [0.25, 0.3) is 0 Å². The van der Waals surface area contributed by atoms with E-state index in [1.54, 1.807) is 109 Å². The van der Waals surface area contributed by atoms with Crippen LogP contribution in [0.25, 0.3) is 0 Å². The van der Waals surface area contributed by atoms with Gasteiger partial charge in [-0.15, -0.1) is 0 Å². The molecule has 0 radical (unpaired) electrons. The Labute approximate surface area is 344 Å². The van der Waals surface area contributed by atoms with Crippen molar-refractivity contribution in [2.24, 2.45) is 0 Å². The van der Waals surface area contributed by atoms with Gasteiger partial charge in [0.15, 0.2) is 0 Å². The van der Waals surface area contributed by atoms with E-state index in [1.807, 2.05) is 0 Å². The van der Waals surface area contributed by atoms with Gasteiger partial charge in [0.2, 0.25) is 36.6 Å². The van der Waals surface area contributed by atoms with Crippen LogP contribution >= 0.6 is 0 Å². The van der Waals surface area contributed by atoms with Gasteiger partial charge in [0.1, 0.15) is 0 Å². The van der Waals surface area contributed by atoms with Crippen molar-refractivity contribution >= 4 is 35.8 Å². The Hall–Kier alpha value is -7.86. The predicted octanol–water partition coefficient (Wildman–Crippen LogP) is 7.71. The fraction of sp³-hybridized carbons (Fsp3) is 0.125. The molecule has 7 rings (SSSR count). The molecular formula is C48H36O12. The highest BCUT2D eigenvalue weighted by atomic mass is 16.7. The Bertz CT molecular complexity index is 1970. The van der Waals surface area contributed by atoms with E-state index in [-0.39, 0.29) is 33.4 Å². The molecular weight excluding hydrogens is 769 g/mol. The average Bonchev–Trinajstić information content (AvgIpc) is 3.30. The highest BCUT2D eigenvalue weighted by Crippen LogP contribution is 2.34. The van der Waals surface area contributed by atoms with Crippen molar-refractivity contribution in [3.63, 3.8) is 0 Å². The first-order valence-corrected chi connectivity index (χ1v) is 18.8. The fourth-order valence-corrected chi connectivity index (χ4v) is 6.35. The molecule has 6 atom stereocenters. The van der Waals surface area contributed by atoms with Crippen molar-refractivity contribution in [3.05, 3.63) is 215 Å². The molecule has 0 aromatic heterocycles. The van der Waals surface area contributed by atoms with E-state index in [1.165, 1.54) is 72.8 Å². The van der Waals surface area contributed by atoms with Crippen LogP contribution in [0.3, 0.4) is 0 Å². The molecule has 0 unspecified atom stereocenters. The number of carbonyl (C=O) groups is 6. The molecule has 0 bridgehead atoms. The second-order valence-electron chi connectivity index (χ2n) is 13.4. The number of rotatable bonds is 6. The topological polar surface area (TPSA) is 158 Å². The molecule has 0 aliphatic carbocycles. The van der Waals surface area contributed by atoms with Crippen LogP contribution < -0.4 is 0 Å². The minimum absolute atomic E-state index is 0.150. The molecule has 1 aliphatic rings. The summed E-state index contributed by atoms with van der Waals surface area (Å²) in [6, 6.07) is 47.2. The molecule has 1 heterocycles. The molecule has 1 aliphatic heterocycles. The number of hydrogen-bond acceptors (Lipinski definition) is 12. The van der Waals surface area contributed by atoms with E-state index < -0.39 is 72.4 Å². The number of esters is 6. The first kappa shape index (κ1) is 40.3. The summed E-state index contributed by atoms with van der Waals surface area (Å²) in [4.78, 5) is 85.9. The van der Waals surface area contributed by atoms with Gasteiger partial charge in [-0.2, -0.15) is 0 Å². The summed E-state index contributed by atoms with van der Waals surface area (Å²) >= 11 is 0. The zero-order valence-corrected chi connectivity index (χ0v) is 31.7. The quantitative estimate of drug-likeness (QED) is 0.120. The maximum Gasteiger partial charge on any atom is 0.353 e. The summed E-state index contributed by atoms with van der Waals surface area (Å²) in [6.45, 7) is 0. The standard InChI is InChI=1S/C48H36O12/c49-43-37(31-19-7-1-8-20-31)55-44(50)38(32-21-9-2-10-22-32)57-46(52)40(34-25-13-4-14-26-34)59-48(54)42(36-29-17-6-18-30-36)60-47(53)41(35-27-15-5-16-28-35)58-45(51)39(56-43)33-23-11-3-12-24-33/h1-30,37-42H/t37-,38-,39-,40-,41-,42+/m0/s1. The maximum absolute atomic E-state index is 14.3. The van der Waals surface area contributed by atoms with Crippen LogP contribution in [0.4, 0.5) is 0 Å². The molecule has 0 amide bonds. The van der Waals surface area contributed by atoms with E-state index in [0.717, 1.165) is 0 Å². The van der Waals surface area contributed by atoms with Crippen molar-refractivity contribution in [2.45, 2.75) is 36.6 Å². The lowest BCUT2D eigenvalue weighted by atomic mass is 10.1. The number of cyclic esters (lactones) is 6. The van der Waals surface area contributed by atoms with Crippen LogP contribution in [0.2, 0.25) is 0 Å². The van der Waals surface area contributed by atoms with Gasteiger partial charge in [-0.1, -0.05) is 182 Å². The Morgan fingerprint density at radius 3 is 0.433 bits per heavy atom. The Morgan fingerprint density at radius 2 is 0.317 bits per heavy atom. The summed E-state index contributed by atoms with van der Waals surface area (Å²) in [5.74, 6) is -7.17. The zero-order valence-electron chi connectivity index (χ0n) is 31.7. The van der Waals surface area contributed by atoms with Gasteiger partial charge in [0, 0.05) is 33.4 Å².